The van der Waals surface area contributed by atoms with Gasteiger partial charge in [-0.05, 0) is 24.3 Å². The second-order valence-electron chi connectivity index (χ2n) is 4.76. The maximum absolute atomic E-state index is 12.3. The maximum atomic E-state index is 12.3. The van der Waals surface area contributed by atoms with E-state index in [1.165, 1.54) is 17.4 Å². The molecule has 2 aromatic heterocycles. The molecule has 122 valence electrons. The Labute approximate surface area is 157 Å². The fourth-order valence-electron chi connectivity index (χ4n) is 1.99. The van der Waals surface area contributed by atoms with Crippen LogP contribution in [-0.2, 0) is 6.54 Å². The number of amides is 1. The van der Waals surface area contributed by atoms with Gasteiger partial charge in [-0.15, -0.1) is 11.3 Å². The number of hydrogen-bond donors (Lipinski definition) is 1. The van der Waals surface area contributed by atoms with Gasteiger partial charge in [0, 0.05) is 11.6 Å². The van der Waals surface area contributed by atoms with Crippen LogP contribution in [0.4, 0.5) is 0 Å². The molecule has 0 aliphatic carbocycles. The first-order valence-electron chi connectivity index (χ1n) is 6.84. The maximum Gasteiger partial charge on any atom is 0.254 e. The Morgan fingerprint density at radius 3 is 2.67 bits per heavy atom. The minimum atomic E-state index is -0.403. The van der Waals surface area contributed by atoms with Crippen LogP contribution in [0.5, 0.6) is 0 Å². The van der Waals surface area contributed by atoms with Gasteiger partial charge in [-0.25, -0.2) is 4.98 Å². The summed E-state index contributed by atoms with van der Waals surface area (Å²) in [7, 11) is 0. The molecule has 0 saturated carbocycles. The smallest absolute Gasteiger partial charge is 0.254 e. The predicted molar refractivity (Wildman–Crippen MR) is 98.0 cm³/mol. The minimum absolute atomic E-state index is 0.133. The summed E-state index contributed by atoms with van der Waals surface area (Å²) in [5.41, 5.74) is 1.68. The van der Waals surface area contributed by atoms with Crippen molar-refractivity contribution in [3.8, 4) is 10.7 Å². The molecule has 0 aliphatic rings. The molecule has 0 aliphatic heterocycles. The quantitative estimate of drug-likeness (QED) is 0.622. The highest BCUT2D eigenvalue weighted by molar-refractivity contribution is 7.13. The molecule has 0 radical (unpaired) electrons. The zero-order valence-electron chi connectivity index (χ0n) is 12.1. The van der Waals surface area contributed by atoms with Gasteiger partial charge in [0.2, 0.25) is 0 Å². The minimum Gasteiger partial charge on any atom is -0.346 e. The van der Waals surface area contributed by atoms with E-state index < -0.39 is 5.91 Å². The average Bonchev–Trinajstić information content (AvgIpc) is 3.06. The summed E-state index contributed by atoms with van der Waals surface area (Å²) in [5.74, 6) is -0.403. The van der Waals surface area contributed by atoms with E-state index in [9.17, 15) is 4.79 Å². The van der Waals surface area contributed by atoms with Crippen LogP contribution in [0.3, 0.4) is 0 Å². The summed E-state index contributed by atoms with van der Waals surface area (Å²) in [6.45, 7) is 0.251. The molecule has 2 heterocycles. The van der Waals surface area contributed by atoms with Gasteiger partial charge >= 0.3 is 0 Å². The van der Waals surface area contributed by atoms with Crippen molar-refractivity contribution < 1.29 is 4.79 Å². The van der Waals surface area contributed by atoms with Crippen molar-refractivity contribution in [2.24, 2.45) is 0 Å². The molecule has 4 nitrogen and oxygen atoms in total. The first-order valence-corrected chi connectivity index (χ1v) is 8.85. The number of pyridine rings is 1. The average molecular weight is 399 g/mol. The molecule has 1 aromatic carbocycles. The largest absolute Gasteiger partial charge is 0.346 e. The first kappa shape index (κ1) is 17.2. The Hall–Kier alpha value is -1.66. The summed E-state index contributed by atoms with van der Waals surface area (Å²) in [4.78, 5) is 21.0. The molecule has 0 bridgehead atoms. The lowest BCUT2D eigenvalue weighted by molar-refractivity contribution is 0.0951. The zero-order valence-corrected chi connectivity index (χ0v) is 15.2. The molecule has 0 atom stereocenters. The number of aromatic nitrogens is 2. The molecule has 8 heteroatoms. The van der Waals surface area contributed by atoms with Crippen molar-refractivity contribution in [1.82, 2.24) is 15.3 Å². The third-order valence-corrected chi connectivity index (χ3v) is 5.17. The number of benzene rings is 1. The molecule has 1 amide bonds. The Morgan fingerprint density at radius 1 is 1.12 bits per heavy atom. The SMILES string of the molecule is O=C(NCc1csc(-c2ccccn2)n1)c1c(Cl)ccc(Cl)c1Cl. The van der Waals surface area contributed by atoms with Gasteiger partial charge in [-0.1, -0.05) is 40.9 Å². The number of nitrogens with one attached hydrogen (secondary N) is 1. The predicted octanol–water partition coefficient (Wildman–Crippen LogP) is 5.10. The van der Waals surface area contributed by atoms with Crippen LogP contribution in [0, 0.1) is 0 Å². The van der Waals surface area contributed by atoms with E-state index in [0.29, 0.717) is 0 Å². The highest BCUT2D eigenvalue weighted by Crippen LogP contribution is 2.31. The first-order chi connectivity index (χ1) is 11.6. The zero-order chi connectivity index (χ0) is 17.1. The van der Waals surface area contributed by atoms with E-state index in [0.717, 1.165) is 16.4 Å². The lowest BCUT2D eigenvalue weighted by atomic mass is 10.2. The number of nitrogens with zero attached hydrogens (tertiary/aromatic N) is 2. The third kappa shape index (κ3) is 3.70. The van der Waals surface area contributed by atoms with Crippen LogP contribution in [-0.4, -0.2) is 15.9 Å². The molecule has 0 unspecified atom stereocenters. The second kappa shape index (κ2) is 7.49. The molecule has 0 saturated heterocycles. The molecule has 24 heavy (non-hydrogen) atoms. The van der Waals surface area contributed by atoms with Gasteiger partial charge in [0.1, 0.15) is 5.01 Å². The van der Waals surface area contributed by atoms with Crippen LogP contribution in [0.2, 0.25) is 15.1 Å². The number of hydrogen-bond acceptors (Lipinski definition) is 4. The summed E-state index contributed by atoms with van der Waals surface area (Å²) in [6, 6.07) is 8.70. The number of rotatable bonds is 4. The normalized spacial score (nSPS) is 10.6. The van der Waals surface area contributed by atoms with E-state index in [2.05, 4.69) is 15.3 Å². The van der Waals surface area contributed by atoms with Crippen molar-refractivity contribution in [3.05, 3.63) is 68.2 Å². The van der Waals surface area contributed by atoms with Gasteiger partial charge in [0.25, 0.3) is 5.91 Å². The van der Waals surface area contributed by atoms with Gasteiger partial charge in [-0.2, -0.15) is 0 Å². The van der Waals surface area contributed by atoms with Gasteiger partial charge < -0.3 is 5.32 Å². The third-order valence-electron chi connectivity index (χ3n) is 3.14. The van der Waals surface area contributed by atoms with E-state index in [-0.39, 0.29) is 27.2 Å². The molecular formula is C16H10Cl3N3OS. The molecule has 0 fully saturated rings. The van der Waals surface area contributed by atoms with E-state index >= 15 is 0 Å². The monoisotopic (exact) mass is 397 g/mol. The number of thiazole rings is 1. The highest BCUT2D eigenvalue weighted by atomic mass is 35.5. The Kier molecular flexibility index (Phi) is 5.36. The number of carbonyl (C=O) groups is 1. The van der Waals surface area contributed by atoms with Gasteiger partial charge in [0.15, 0.2) is 0 Å². The van der Waals surface area contributed by atoms with E-state index in [4.69, 9.17) is 34.8 Å². The Balaban J connectivity index is 1.72. The Bertz CT molecular complexity index is 884. The van der Waals surface area contributed by atoms with Crippen molar-refractivity contribution in [2.75, 3.05) is 0 Å². The molecule has 3 rings (SSSR count). The van der Waals surface area contributed by atoms with Crippen molar-refractivity contribution in [3.63, 3.8) is 0 Å². The van der Waals surface area contributed by atoms with E-state index in [1.54, 1.807) is 12.3 Å². The van der Waals surface area contributed by atoms with Crippen LogP contribution in [0.25, 0.3) is 10.7 Å². The fraction of sp³-hybridized carbons (Fsp3) is 0.0625. The van der Waals surface area contributed by atoms with Crippen molar-refractivity contribution in [1.29, 1.82) is 0 Å². The summed E-state index contributed by atoms with van der Waals surface area (Å²) in [5, 5.41) is 6.06. The highest BCUT2D eigenvalue weighted by Gasteiger charge is 2.17. The van der Waals surface area contributed by atoms with Crippen LogP contribution in [0.1, 0.15) is 16.1 Å². The van der Waals surface area contributed by atoms with Crippen LogP contribution in [0.15, 0.2) is 41.9 Å². The van der Waals surface area contributed by atoms with Gasteiger partial charge in [-0.3, -0.25) is 9.78 Å². The van der Waals surface area contributed by atoms with Gasteiger partial charge in [0.05, 0.1) is 38.6 Å². The lowest BCUT2D eigenvalue weighted by Gasteiger charge is -2.08. The number of carbonyl (C=O) groups excluding carboxylic acids is 1. The molecule has 0 spiro atoms. The fourth-order valence-corrected chi connectivity index (χ4v) is 3.48. The van der Waals surface area contributed by atoms with Crippen molar-refractivity contribution >= 4 is 52.0 Å². The number of halogens is 3. The molecular weight excluding hydrogens is 389 g/mol. The second-order valence-corrected chi connectivity index (χ2v) is 6.81. The lowest BCUT2D eigenvalue weighted by Crippen LogP contribution is -2.23. The Morgan fingerprint density at radius 2 is 1.92 bits per heavy atom. The summed E-state index contributed by atoms with van der Waals surface area (Å²) >= 11 is 19.5. The standard InChI is InChI=1S/C16H10Cl3N3OS/c17-10-4-5-11(18)14(19)13(10)15(23)21-7-9-8-24-16(22-9)12-3-1-2-6-20-12/h1-6,8H,7H2,(H,21,23). The van der Waals surface area contributed by atoms with Crippen molar-refractivity contribution in [2.45, 2.75) is 6.54 Å². The molecule has 1 N–H and O–H groups in total. The summed E-state index contributed by atoms with van der Waals surface area (Å²) < 4.78 is 0. The van der Waals surface area contributed by atoms with E-state index in [1.807, 2.05) is 23.6 Å². The molecule has 3 aromatic rings. The van der Waals surface area contributed by atoms with Crippen LogP contribution >= 0.6 is 46.1 Å². The topological polar surface area (TPSA) is 54.9 Å². The summed E-state index contributed by atoms with van der Waals surface area (Å²) in [6.07, 6.45) is 1.71. The van der Waals surface area contributed by atoms with Crippen LogP contribution < -0.4 is 5.32 Å².